The number of carbonyl (C=O) groups excluding carboxylic acids is 3. The zero-order chi connectivity index (χ0) is 20.0. The van der Waals surface area contributed by atoms with Crippen LogP contribution in [-0.2, 0) is 20.8 Å². The summed E-state index contributed by atoms with van der Waals surface area (Å²) in [5.74, 6) is -0.0203. The van der Waals surface area contributed by atoms with Crippen LogP contribution in [0.15, 0.2) is 30.3 Å². The van der Waals surface area contributed by atoms with Crippen molar-refractivity contribution in [1.29, 1.82) is 0 Å². The lowest BCUT2D eigenvalue weighted by Crippen LogP contribution is -2.53. The molecule has 5 atom stereocenters. The van der Waals surface area contributed by atoms with Crippen LogP contribution >= 0.6 is 0 Å². The van der Waals surface area contributed by atoms with Gasteiger partial charge in [0.25, 0.3) is 0 Å². The van der Waals surface area contributed by atoms with Gasteiger partial charge in [0.2, 0.25) is 17.7 Å². The number of hydrogen-bond acceptors (Lipinski definition) is 3. The van der Waals surface area contributed by atoms with Crippen molar-refractivity contribution in [1.82, 2.24) is 10.2 Å². The Hall–Kier alpha value is -2.17. The normalized spacial score (nSPS) is 32.5. The highest BCUT2D eigenvalue weighted by Gasteiger charge is 2.62. The van der Waals surface area contributed by atoms with Crippen LogP contribution < -0.4 is 5.32 Å². The van der Waals surface area contributed by atoms with Crippen LogP contribution in [0.25, 0.3) is 0 Å². The fraction of sp³-hybridized carbons (Fsp3) is 0.625. The molecular formula is C24H30N2O3. The van der Waals surface area contributed by atoms with E-state index in [1.807, 2.05) is 30.3 Å². The molecule has 0 unspecified atom stereocenters. The second kappa shape index (κ2) is 7.58. The highest BCUT2D eigenvalue weighted by atomic mass is 16.2. The lowest BCUT2D eigenvalue weighted by molar-refractivity contribution is -0.149. The topological polar surface area (TPSA) is 66.5 Å². The van der Waals surface area contributed by atoms with E-state index in [0.29, 0.717) is 18.3 Å². The minimum absolute atomic E-state index is 0.0908. The van der Waals surface area contributed by atoms with Crippen molar-refractivity contribution in [2.24, 2.45) is 23.7 Å². The monoisotopic (exact) mass is 394 g/mol. The average molecular weight is 395 g/mol. The molecule has 5 nitrogen and oxygen atoms in total. The molecule has 4 aliphatic rings. The molecule has 3 saturated carbocycles. The number of carbonyl (C=O) groups is 3. The van der Waals surface area contributed by atoms with Crippen molar-refractivity contribution in [3.63, 3.8) is 0 Å². The zero-order valence-electron chi connectivity index (χ0n) is 16.9. The fourth-order valence-corrected chi connectivity index (χ4v) is 6.42. The summed E-state index contributed by atoms with van der Waals surface area (Å²) in [6.45, 7) is 0. The molecule has 4 fully saturated rings. The Morgan fingerprint density at radius 3 is 2.17 bits per heavy atom. The number of amides is 3. The molecule has 1 aliphatic heterocycles. The van der Waals surface area contributed by atoms with Crippen molar-refractivity contribution in [2.45, 2.75) is 69.9 Å². The maximum Gasteiger partial charge on any atom is 0.243 e. The van der Waals surface area contributed by atoms with Crippen LogP contribution in [0.2, 0.25) is 0 Å². The molecular weight excluding hydrogens is 364 g/mol. The van der Waals surface area contributed by atoms with E-state index in [4.69, 9.17) is 0 Å². The highest BCUT2D eigenvalue weighted by molar-refractivity contribution is 6.09. The average Bonchev–Trinajstić information content (AvgIpc) is 3.42. The van der Waals surface area contributed by atoms with Gasteiger partial charge in [0.1, 0.15) is 6.04 Å². The number of likely N-dealkylation sites (tertiary alicyclic amines) is 1. The Kier molecular flexibility index (Phi) is 4.92. The zero-order valence-corrected chi connectivity index (χ0v) is 16.9. The number of nitrogens with one attached hydrogen (secondary N) is 1. The highest BCUT2D eigenvalue weighted by Crippen LogP contribution is 2.56. The Bertz CT molecular complexity index is 774. The van der Waals surface area contributed by atoms with Gasteiger partial charge < -0.3 is 5.32 Å². The van der Waals surface area contributed by atoms with Gasteiger partial charge in [-0.25, -0.2) is 0 Å². The first kappa shape index (κ1) is 18.8. The van der Waals surface area contributed by atoms with Crippen LogP contribution in [0, 0.1) is 23.7 Å². The van der Waals surface area contributed by atoms with Crippen molar-refractivity contribution < 1.29 is 14.4 Å². The van der Waals surface area contributed by atoms with Gasteiger partial charge in [0.15, 0.2) is 0 Å². The first-order valence-corrected chi connectivity index (χ1v) is 11.3. The maximum absolute atomic E-state index is 13.3. The first-order valence-electron chi connectivity index (χ1n) is 11.3. The lowest BCUT2D eigenvalue weighted by Gasteiger charge is -2.30. The van der Waals surface area contributed by atoms with Gasteiger partial charge in [0, 0.05) is 12.5 Å². The lowest BCUT2D eigenvalue weighted by atomic mass is 9.81. The maximum atomic E-state index is 13.3. The predicted octanol–water partition coefficient (Wildman–Crippen LogP) is 3.08. The van der Waals surface area contributed by atoms with Crippen molar-refractivity contribution in [3.05, 3.63) is 35.9 Å². The van der Waals surface area contributed by atoms with Gasteiger partial charge in [-0.15, -0.1) is 0 Å². The van der Waals surface area contributed by atoms with E-state index in [1.54, 1.807) is 0 Å². The van der Waals surface area contributed by atoms with Crippen molar-refractivity contribution in [3.8, 4) is 0 Å². The molecule has 1 heterocycles. The van der Waals surface area contributed by atoms with Crippen LogP contribution in [0.3, 0.4) is 0 Å². The number of rotatable bonds is 5. The summed E-state index contributed by atoms with van der Waals surface area (Å²) in [4.78, 5) is 41.4. The number of benzene rings is 1. The van der Waals surface area contributed by atoms with Crippen LogP contribution in [0.5, 0.6) is 0 Å². The van der Waals surface area contributed by atoms with E-state index in [9.17, 15) is 14.4 Å². The largest absolute Gasteiger partial charge is 0.352 e. The third-order valence-electron chi connectivity index (χ3n) is 7.80. The van der Waals surface area contributed by atoms with E-state index >= 15 is 0 Å². The number of fused-ring (bicyclic) bond motifs is 5. The second-order valence-corrected chi connectivity index (χ2v) is 9.48. The molecule has 3 amide bonds. The molecule has 154 valence electrons. The molecule has 0 radical (unpaired) electrons. The summed E-state index contributed by atoms with van der Waals surface area (Å²) < 4.78 is 0. The third kappa shape index (κ3) is 3.28. The third-order valence-corrected chi connectivity index (χ3v) is 7.80. The molecule has 1 saturated heterocycles. The summed E-state index contributed by atoms with van der Waals surface area (Å²) in [6, 6.07) is 9.19. The van der Waals surface area contributed by atoms with Gasteiger partial charge in [0.05, 0.1) is 11.8 Å². The molecule has 5 rings (SSSR count). The molecule has 29 heavy (non-hydrogen) atoms. The summed E-state index contributed by atoms with van der Waals surface area (Å²) in [6.07, 6.45) is 8.96. The van der Waals surface area contributed by atoms with E-state index < -0.39 is 6.04 Å². The smallest absolute Gasteiger partial charge is 0.243 e. The minimum atomic E-state index is -0.732. The SMILES string of the molecule is O=C(NC1CCCCC1)[C@H](Cc1ccccc1)N1C(=O)[C@H]2[C@@H]3CC[C@@H](C3)[C@@H]2C1=O. The van der Waals surface area contributed by atoms with Crippen LogP contribution in [-0.4, -0.2) is 34.7 Å². The van der Waals surface area contributed by atoms with Gasteiger partial charge in [-0.3, -0.25) is 19.3 Å². The second-order valence-electron chi connectivity index (χ2n) is 9.48. The standard InChI is InChI=1S/C24H30N2O3/c27-22(25-18-9-5-2-6-10-18)19(13-15-7-3-1-4-8-15)26-23(28)20-16-11-12-17(14-16)21(20)24(26)29/h1,3-4,7-8,16-21H,2,5-6,9-14H2,(H,25,27)/t16-,17+,19-,20-,21-/m0/s1. The molecule has 3 aliphatic carbocycles. The number of nitrogens with zero attached hydrogens (tertiary/aromatic N) is 1. The fourth-order valence-electron chi connectivity index (χ4n) is 6.42. The van der Waals surface area contributed by atoms with E-state index in [2.05, 4.69) is 5.32 Å². The van der Waals surface area contributed by atoms with Crippen molar-refractivity contribution in [2.75, 3.05) is 0 Å². The summed E-state index contributed by atoms with van der Waals surface area (Å²) in [5.41, 5.74) is 0.983. The van der Waals surface area contributed by atoms with Gasteiger partial charge >= 0.3 is 0 Å². The quantitative estimate of drug-likeness (QED) is 0.781. The Labute approximate surface area is 172 Å². The minimum Gasteiger partial charge on any atom is -0.352 e. The number of hydrogen-bond donors (Lipinski definition) is 1. The van der Waals surface area contributed by atoms with E-state index in [0.717, 1.165) is 50.5 Å². The molecule has 1 N–H and O–H groups in total. The van der Waals surface area contributed by atoms with Gasteiger partial charge in [-0.2, -0.15) is 0 Å². The summed E-state index contributed by atoms with van der Waals surface area (Å²) in [7, 11) is 0. The predicted molar refractivity (Wildman–Crippen MR) is 109 cm³/mol. The Morgan fingerprint density at radius 1 is 0.931 bits per heavy atom. The van der Waals surface area contributed by atoms with Crippen LogP contribution in [0.4, 0.5) is 0 Å². The molecule has 1 aromatic rings. The molecule has 2 bridgehead atoms. The number of imide groups is 1. The summed E-state index contributed by atoms with van der Waals surface area (Å²) in [5, 5.41) is 3.18. The van der Waals surface area contributed by atoms with Crippen molar-refractivity contribution >= 4 is 17.7 Å². The van der Waals surface area contributed by atoms with E-state index in [-0.39, 0.29) is 35.6 Å². The van der Waals surface area contributed by atoms with E-state index in [1.165, 1.54) is 11.3 Å². The molecule has 1 aromatic carbocycles. The molecule has 0 spiro atoms. The first-order chi connectivity index (χ1) is 14.1. The van der Waals surface area contributed by atoms with Gasteiger partial charge in [-0.05, 0) is 49.5 Å². The summed E-state index contributed by atoms with van der Waals surface area (Å²) >= 11 is 0. The van der Waals surface area contributed by atoms with Crippen LogP contribution in [0.1, 0.15) is 56.9 Å². The molecule has 5 heteroatoms. The Morgan fingerprint density at radius 2 is 1.55 bits per heavy atom. The molecule has 0 aromatic heterocycles. The Balaban J connectivity index is 1.41. The van der Waals surface area contributed by atoms with Gasteiger partial charge in [-0.1, -0.05) is 49.6 Å².